The summed E-state index contributed by atoms with van der Waals surface area (Å²) in [4.78, 5) is 11.1. The molecule has 6 nitrogen and oxygen atoms in total. The zero-order valence-corrected chi connectivity index (χ0v) is 13.9. The topological polar surface area (TPSA) is 96.0 Å². The molecule has 2 amide bonds. The van der Waals surface area contributed by atoms with E-state index in [0.29, 0.717) is 21.9 Å². The quantitative estimate of drug-likeness (QED) is 0.575. The number of carbonyl (C=O) groups excluding carboxylic acids is 1. The van der Waals surface area contributed by atoms with Crippen molar-refractivity contribution in [2.75, 3.05) is 0 Å². The number of aromatic hydroxyl groups is 1. The number of hydroxylamine groups is 2. The SMILES string of the molecule is Cc1c(OC(C)c2ccccc2)ccc(C(C)N(O)C(N)=O)c1O. The van der Waals surface area contributed by atoms with Crippen LogP contribution in [0.25, 0.3) is 0 Å². The molecule has 0 radical (unpaired) electrons. The highest BCUT2D eigenvalue weighted by Crippen LogP contribution is 2.37. The smallest absolute Gasteiger partial charge is 0.339 e. The summed E-state index contributed by atoms with van der Waals surface area (Å²) in [5, 5.41) is 20.4. The molecule has 2 unspecified atom stereocenters. The van der Waals surface area contributed by atoms with Gasteiger partial charge in [0.15, 0.2) is 0 Å². The molecular weight excluding hydrogens is 308 g/mol. The maximum absolute atomic E-state index is 11.1. The molecule has 2 aromatic carbocycles. The van der Waals surface area contributed by atoms with E-state index in [4.69, 9.17) is 10.5 Å². The van der Waals surface area contributed by atoms with Crippen LogP contribution in [-0.4, -0.2) is 21.4 Å². The first-order valence-electron chi connectivity index (χ1n) is 7.64. The van der Waals surface area contributed by atoms with Gasteiger partial charge in [-0.15, -0.1) is 0 Å². The van der Waals surface area contributed by atoms with Gasteiger partial charge in [-0.25, -0.2) is 4.79 Å². The molecule has 0 aliphatic rings. The molecule has 6 heteroatoms. The average molecular weight is 330 g/mol. The number of hydrogen-bond donors (Lipinski definition) is 3. The molecule has 4 N–H and O–H groups in total. The molecule has 0 fully saturated rings. The second-order valence-electron chi connectivity index (χ2n) is 5.66. The van der Waals surface area contributed by atoms with Crippen LogP contribution in [0.2, 0.25) is 0 Å². The molecule has 24 heavy (non-hydrogen) atoms. The van der Waals surface area contributed by atoms with Gasteiger partial charge in [-0.05, 0) is 38.5 Å². The first kappa shape index (κ1) is 17.6. The number of hydrogen-bond acceptors (Lipinski definition) is 4. The molecule has 0 bridgehead atoms. The van der Waals surface area contributed by atoms with Gasteiger partial charge in [0, 0.05) is 11.1 Å². The second kappa shape index (κ2) is 7.23. The average Bonchev–Trinajstić information content (AvgIpc) is 2.58. The predicted molar refractivity (Wildman–Crippen MR) is 90.0 cm³/mol. The molecule has 2 aromatic rings. The third-order valence-electron chi connectivity index (χ3n) is 4.03. The first-order valence-corrected chi connectivity index (χ1v) is 7.64. The first-order chi connectivity index (χ1) is 11.3. The molecular formula is C18H22N2O4. The summed E-state index contributed by atoms with van der Waals surface area (Å²) in [7, 11) is 0. The van der Waals surface area contributed by atoms with E-state index in [9.17, 15) is 15.1 Å². The van der Waals surface area contributed by atoms with Crippen molar-refractivity contribution in [2.24, 2.45) is 5.73 Å². The van der Waals surface area contributed by atoms with Crippen molar-refractivity contribution in [3.63, 3.8) is 0 Å². The lowest BCUT2D eigenvalue weighted by Crippen LogP contribution is -2.34. The van der Waals surface area contributed by atoms with Gasteiger partial charge < -0.3 is 15.6 Å². The Kier molecular flexibility index (Phi) is 5.31. The number of rotatable bonds is 5. The molecule has 0 aliphatic carbocycles. The van der Waals surface area contributed by atoms with Crippen molar-refractivity contribution in [3.05, 3.63) is 59.2 Å². The van der Waals surface area contributed by atoms with Crippen molar-refractivity contribution in [1.82, 2.24) is 5.06 Å². The molecule has 0 saturated carbocycles. The van der Waals surface area contributed by atoms with Crippen LogP contribution in [0.5, 0.6) is 11.5 Å². The number of primary amides is 1. The Hall–Kier alpha value is -2.73. The fourth-order valence-corrected chi connectivity index (χ4v) is 2.47. The molecule has 0 aliphatic heterocycles. The van der Waals surface area contributed by atoms with Crippen LogP contribution < -0.4 is 10.5 Å². The molecule has 2 atom stereocenters. The molecule has 0 spiro atoms. The molecule has 0 heterocycles. The van der Waals surface area contributed by atoms with Crippen LogP contribution in [0.3, 0.4) is 0 Å². The number of ether oxygens (including phenoxy) is 1. The maximum atomic E-state index is 11.1. The largest absolute Gasteiger partial charge is 0.507 e. The zero-order chi connectivity index (χ0) is 17.9. The third-order valence-corrected chi connectivity index (χ3v) is 4.03. The van der Waals surface area contributed by atoms with Gasteiger partial charge in [0.1, 0.15) is 17.6 Å². The summed E-state index contributed by atoms with van der Waals surface area (Å²) in [5.41, 5.74) is 6.98. The van der Waals surface area contributed by atoms with E-state index in [1.165, 1.54) is 0 Å². The Morgan fingerprint density at radius 3 is 2.38 bits per heavy atom. The number of phenolic OH excluding ortho intramolecular Hbond substituents is 1. The number of phenols is 1. The normalized spacial score (nSPS) is 13.2. The van der Waals surface area contributed by atoms with Crippen molar-refractivity contribution in [1.29, 1.82) is 0 Å². The minimum absolute atomic E-state index is 0.0411. The highest BCUT2D eigenvalue weighted by atomic mass is 16.5. The Balaban J connectivity index is 2.25. The van der Waals surface area contributed by atoms with Gasteiger partial charge in [0.25, 0.3) is 0 Å². The van der Waals surface area contributed by atoms with Gasteiger partial charge in [0.2, 0.25) is 0 Å². The lowest BCUT2D eigenvalue weighted by atomic mass is 10.0. The minimum atomic E-state index is -0.988. The predicted octanol–water partition coefficient (Wildman–Crippen LogP) is 3.67. The highest BCUT2D eigenvalue weighted by Gasteiger charge is 2.22. The van der Waals surface area contributed by atoms with Gasteiger partial charge in [0.05, 0.1) is 6.04 Å². The molecule has 0 saturated heterocycles. The second-order valence-corrected chi connectivity index (χ2v) is 5.66. The molecule has 128 valence electrons. The van der Waals surface area contributed by atoms with Crippen molar-refractivity contribution < 1.29 is 19.8 Å². The van der Waals surface area contributed by atoms with E-state index in [1.54, 1.807) is 26.0 Å². The fourth-order valence-electron chi connectivity index (χ4n) is 2.47. The molecule has 0 aromatic heterocycles. The number of amides is 2. The van der Waals surface area contributed by atoms with Crippen LogP contribution >= 0.6 is 0 Å². The van der Waals surface area contributed by atoms with E-state index >= 15 is 0 Å². The fraction of sp³-hybridized carbons (Fsp3) is 0.278. The van der Waals surface area contributed by atoms with E-state index in [-0.39, 0.29) is 11.9 Å². The van der Waals surface area contributed by atoms with Crippen LogP contribution in [0.1, 0.15) is 42.7 Å². The highest BCUT2D eigenvalue weighted by molar-refractivity contribution is 5.71. The summed E-state index contributed by atoms with van der Waals surface area (Å²) in [5.74, 6) is 0.490. The van der Waals surface area contributed by atoms with Crippen LogP contribution in [0.4, 0.5) is 4.79 Å². The van der Waals surface area contributed by atoms with E-state index < -0.39 is 12.1 Å². The van der Waals surface area contributed by atoms with Gasteiger partial charge >= 0.3 is 6.03 Å². The zero-order valence-electron chi connectivity index (χ0n) is 13.9. The van der Waals surface area contributed by atoms with Crippen LogP contribution in [-0.2, 0) is 0 Å². The van der Waals surface area contributed by atoms with E-state index in [0.717, 1.165) is 5.56 Å². The van der Waals surface area contributed by atoms with Crippen LogP contribution in [0.15, 0.2) is 42.5 Å². The number of nitrogens with two attached hydrogens (primary N) is 1. The minimum Gasteiger partial charge on any atom is -0.507 e. The third kappa shape index (κ3) is 3.60. The van der Waals surface area contributed by atoms with E-state index in [2.05, 4.69) is 0 Å². The van der Waals surface area contributed by atoms with Gasteiger partial charge in [-0.1, -0.05) is 30.3 Å². The Bertz CT molecular complexity index is 718. The Morgan fingerprint density at radius 2 is 1.79 bits per heavy atom. The number of urea groups is 1. The van der Waals surface area contributed by atoms with Crippen LogP contribution in [0, 0.1) is 6.92 Å². The standard InChI is InChI=1S/C18H22N2O4/c1-11-16(24-13(3)14-7-5-4-6-8-14)10-9-15(17(11)21)12(2)20(23)18(19)22/h4-10,12-13,21,23H,1-3H3,(H2,19,22). The van der Waals surface area contributed by atoms with Gasteiger partial charge in [-0.2, -0.15) is 5.06 Å². The van der Waals surface area contributed by atoms with Gasteiger partial charge in [-0.3, -0.25) is 5.21 Å². The van der Waals surface area contributed by atoms with Crippen molar-refractivity contribution >= 4 is 6.03 Å². The summed E-state index contributed by atoms with van der Waals surface area (Å²) in [6, 6.07) is 11.3. The lowest BCUT2D eigenvalue weighted by molar-refractivity contribution is -0.0714. The molecule has 2 rings (SSSR count). The van der Waals surface area contributed by atoms with Crippen molar-refractivity contribution in [2.45, 2.75) is 32.9 Å². The summed E-state index contributed by atoms with van der Waals surface area (Å²) < 4.78 is 5.93. The number of carbonyl (C=O) groups is 1. The maximum Gasteiger partial charge on any atom is 0.339 e. The lowest BCUT2D eigenvalue weighted by Gasteiger charge is -2.24. The summed E-state index contributed by atoms with van der Waals surface area (Å²) in [6.45, 7) is 5.20. The Morgan fingerprint density at radius 1 is 1.17 bits per heavy atom. The summed E-state index contributed by atoms with van der Waals surface area (Å²) >= 11 is 0. The summed E-state index contributed by atoms with van der Waals surface area (Å²) in [6.07, 6.45) is -0.187. The number of nitrogens with zero attached hydrogens (tertiary/aromatic N) is 1. The van der Waals surface area contributed by atoms with Crippen molar-refractivity contribution in [3.8, 4) is 11.5 Å². The number of benzene rings is 2. The monoisotopic (exact) mass is 330 g/mol. The van der Waals surface area contributed by atoms with E-state index in [1.807, 2.05) is 37.3 Å². The Labute approximate surface area is 141 Å².